The van der Waals surface area contributed by atoms with Crippen LogP contribution in [0.3, 0.4) is 0 Å². The molecule has 6 heavy (non-hydrogen) atoms. The summed E-state index contributed by atoms with van der Waals surface area (Å²) in [6, 6.07) is 0. The minimum absolute atomic E-state index is 0. The molecule has 0 saturated carbocycles. The molecular formula is C3H9UVW-3. The van der Waals surface area contributed by atoms with Crippen LogP contribution < -0.4 is 0 Å². The van der Waals surface area contributed by atoms with Crippen LogP contribution in [0.5, 0.6) is 0 Å². The van der Waals surface area contributed by atoms with Crippen molar-refractivity contribution >= 4 is 0 Å². The molecule has 0 atom stereocenters. The largest absolute Gasteiger partial charge is 0.358 e. The summed E-state index contributed by atoms with van der Waals surface area (Å²) in [6.07, 6.45) is 0. The van der Waals surface area contributed by atoms with E-state index in [-0.39, 0.29) is 93.0 Å². The van der Waals surface area contributed by atoms with Gasteiger partial charge in [-0.15, -0.1) is 0 Å². The molecule has 0 nitrogen and oxygen atoms in total. The van der Waals surface area contributed by atoms with Crippen molar-refractivity contribution in [3.05, 3.63) is 22.3 Å². The number of hydrogen-bond donors (Lipinski definition) is 0. The summed E-state index contributed by atoms with van der Waals surface area (Å²) < 4.78 is 0. The molecule has 0 aliphatic heterocycles. The Hall–Kier alpha value is 2.32. The topological polar surface area (TPSA) is 0 Å². The summed E-state index contributed by atoms with van der Waals surface area (Å²) in [5.74, 6) is 0. The van der Waals surface area contributed by atoms with Crippen LogP contribution in [0.4, 0.5) is 0 Å². The maximum absolute atomic E-state index is 0. The van der Waals surface area contributed by atoms with Crippen molar-refractivity contribution in [1.29, 1.82) is 0 Å². The Morgan fingerprint density at radius 2 is 0.667 bits per heavy atom. The van der Waals surface area contributed by atoms with Crippen molar-refractivity contribution in [3.8, 4) is 0 Å². The molecule has 0 aliphatic rings. The van der Waals surface area contributed by atoms with Gasteiger partial charge in [-0.25, -0.2) is 0 Å². The third kappa shape index (κ3) is 33.2. The molecule has 0 fully saturated rings. The molecule has 0 N–H and O–H groups in total. The molecule has 0 aromatic carbocycles. The molecular weight excluding hydrogens is 509 g/mol. The van der Waals surface area contributed by atoms with E-state index in [1.807, 2.05) is 0 Å². The van der Waals surface area contributed by atoms with E-state index in [4.69, 9.17) is 0 Å². The molecule has 0 amide bonds. The van der Waals surface area contributed by atoms with Crippen LogP contribution in [0.25, 0.3) is 0 Å². The van der Waals surface area contributed by atoms with Gasteiger partial charge in [-0.3, -0.25) is 0 Å². The number of rotatable bonds is 0. The number of hydrogen-bond acceptors (Lipinski definition) is 0. The molecule has 0 aromatic rings. The van der Waals surface area contributed by atoms with Crippen molar-refractivity contribution in [2.45, 2.75) is 0 Å². The van der Waals surface area contributed by atoms with Crippen LogP contribution in [0.15, 0.2) is 0 Å². The van der Waals surface area contributed by atoms with Crippen LogP contribution in [0.1, 0.15) is 0 Å². The van der Waals surface area contributed by atoms with Crippen LogP contribution in [-0.4, -0.2) is 0 Å². The fourth-order valence-electron chi connectivity index (χ4n) is 0. The maximum atomic E-state index is 0. The van der Waals surface area contributed by atoms with Gasteiger partial charge in [0.2, 0.25) is 0 Å². The Labute approximate surface area is 91.8 Å². The van der Waals surface area contributed by atoms with E-state index in [0.29, 0.717) is 0 Å². The van der Waals surface area contributed by atoms with Gasteiger partial charge in [-0.2, -0.15) is 0 Å². The Kier molecular flexibility index (Phi) is 747. The first-order valence-electron chi connectivity index (χ1n) is 0. The Bertz CT molecular complexity index is 10.8. The van der Waals surface area contributed by atoms with E-state index >= 15 is 0 Å². The van der Waals surface area contributed by atoms with E-state index < -0.39 is 0 Å². The van der Waals surface area contributed by atoms with Gasteiger partial charge >= 0.3 is 0 Å². The third-order valence-electron chi connectivity index (χ3n) is 0. The first kappa shape index (κ1) is 82.6. The maximum Gasteiger partial charge on any atom is 0 e. The van der Waals surface area contributed by atoms with E-state index in [0.717, 1.165) is 0 Å². The van der Waals surface area contributed by atoms with Crippen LogP contribution in [0, 0.1) is 53.4 Å². The second-order valence-electron chi connectivity index (χ2n) is 0. The molecule has 0 spiro atoms. The van der Waals surface area contributed by atoms with E-state index in [9.17, 15) is 0 Å². The molecule has 0 unspecified atom stereocenters. The van der Waals surface area contributed by atoms with Crippen LogP contribution >= 0.6 is 0 Å². The van der Waals surface area contributed by atoms with Gasteiger partial charge in [0, 0.05) is 70.7 Å². The molecule has 1 radical (unpaired) electrons. The van der Waals surface area contributed by atoms with Gasteiger partial charge in [0.05, 0.1) is 0 Å². The quantitative estimate of drug-likeness (QED) is 0.426. The van der Waals surface area contributed by atoms with Crippen molar-refractivity contribution < 1.29 is 70.7 Å². The summed E-state index contributed by atoms with van der Waals surface area (Å²) in [5.41, 5.74) is 0. The molecule has 0 bridgehead atoms. The van der Waals surface area contributed by atoms with Gasteiger partial charge < -0.3 is 22.3 Å². The van der Waals surface area contributed by atoms with Crippen molar-refractivity contribution in [3.63, 3.8) is 0 Å². The molecule has 0 aromatic heterocycles. The fraction of sp³-hybridized carbons (Fsp3) is 0. The summed E-state index contributed by atoms with van der Waals surface area (Å²) in [5, 5.41) is 0. The van der Waals surface area contributed by atoms with Gasteiger partial charge in [0.15, 0.2) is 0 Å². The van der Waals surface area contributed by atoms with Gasteiger partial charge in [-0.1, -0.05) is 0 Å². The van der Waals surface area contributed by atoms with E-state index in [1.54, 1.807) is 0 Å². The average Bonchev–Trinajstić information content (AvgIpc) is 0. The summed E-state index contributed by atoms with van der Waals surface area (Å²) in [6.45, 7) is 0. The molecule has 0 aliphatic carbocycles. The second-order valence-corrected chi connectivity index (χ2v) is 0. The SMILES string of the molecule is [CH3-].[CH3-].[CH3-].[U].[V].[W]. The third-order valence-corrected chi connectivity index (χ3v) is 0. The van der Waals surface area contributed by atoms with Gasteiger partial charge in [-0.05, 0) is 0 Å². The average molecular weight is 518 g/mol. The fourth-order valence-corrected chi connectivity index (χ4v) is 0. The molecule has 0 saturated heterocycles. The molecule has 0 rings (SSSR count). The minimum atomic E-state index is 0. The van der Waals surface area contributed by atoms with Gasteiger partial charge in [0.25, 0.3) is 0 Å². The van der Waals surface area contributed by atoms with E-state index in [1.165, 1.54) is 0 Å². The second kappa shape index (κ2) is 54.2. The van der Waals surface area contributed by atoms with Crippen LogP contribution in [0.2, 0.25) is 0 Å². The summed E-state index contributed by atoms with van der Waals surface area (Å²) >= 11 is 0. The zero-order valence-electron chi connectivity index (χ0n) is 4.36. The summed E-state index contributed by atoms with van der Waals surface area (Å²) in [7, 11) is 0. The zero-order chi connectivity index (χ0) is 0. The first-order valence-corrected chi connectivity index (χ1v) is 0. The predicted molar refractivity (Wildman–Crippen MR) is 19.2 cm³/mol. The van der Waals surface area contributed by atoms with Crippen molar-refractivity contribution in [1.82, 2.24) is 0 Å². The van der Waals surface area contributed by atoms with Gasteiger partial charge in [0.1, 0.15) is 0 Å². The monoisotopic (exact) mass is 518 g/mol. The zero-order valence-corrected chi connectivity index (χ0v) is 12.8. The molecule has 39 valence electrons. The van der Waals surface area contributed by atoms with Crippen LogP contribution in [-0.2, 0) is 39.6 Å². The minimum Gasteiger partial charge on any atom is -0.358 e. The Morgan fingerprint density at radius 1 is 0.667 bits per heavy atom. The standard InChI is InChI=1S/3CH3.U.V.W/h3*1H3;;;/q3*-1;;;. The Morgan fingerprint density at radius 3 is 0.667 bits per heavy atom. The molecule has 3 heteroatoms. The smallest absolute Gasteiger partial charge is 0 e. The summed E-state index contributed by atoms with van der Waals surface area (Å²) in [4.78, 5) is 0. The first-order chi connectivity index (χ1) is 0. The van der Waals surface area contributed by atoms with Crippen molar-refractivity contribution in [2.75, 3.05) is 0 Å². The van der Waals surface area contributed by atoms with E-state index in [2.05, 4.69) is 0 Å². The van der Waals surface area contributed by atoms with Crippen molar-refractivity contribution in [2.24, 2.45) is 0 Å². The predicted octanol–water partition coefficient (Wildman–Crippen LogP) is 1.35. The Balaban J connectivity index is 0. The normalized spacial score (nSPS) is 0. The molecule has 0 heterocycles.